The zero-order chi connectivity index (χ0) is 55.2. The summed E-state index contributed by atoms with van der Waals surface area (Å²) in [5.74, 6) is 0.891. The fraction of sp³-hybridized carbons (Fsp3) is 0.270. The molecular formula is C74H80N2O. The zero-order valence-corrected chi connectivity index (χ0v) is 48.8. The number of hydrogen-bond donors (Lipinski definition) is 0. The molecule has 0 saturated carbocycles. The first-order valence-electron chi connectivity index (χ1n) is 27.6. The largest absolute Gasteiger partial charge is 0.460 e. The van der Waals surface area contributed by atoms with Gasteiger partial charge in [-0.3, -0.25) is 0 Å². The van der Waals surface area contributed by atoms with Crippen molar-refractivity contribution < 1.29 is 4.42 Å². The molecule has 8 aromatic carbocycles. The highest BCUT2D eigenvalue weighted by atomic mass is 16.3. The Bertz CT molecular complexity index is 3640. The van der Waals surface area contributed by atoms with Gasteiger partial charge < -0.3 is 14.2 Å². The summed E-state index contributed by atoms with van der Waals surface area (Å²) in [5, 5.41) is 1.02. The molecule has 0 unspecified atom stereocenters. The number of hydrogen-bond acceptors (Lipinski definition) is 3. The summed E-state index contributed by atoms with van der Waals surface area (Å²) in [5.41, 5.74) is 22.5. The summed E-state index contributed by atoms with van der Waals surface area (Å²) in [6.07, 6.45) is 0. The highest BCUT2D eigenvalue weighted by molar-refractivity contribution is 6.00. The van der Waals surface area contributed by atoms with Gasteiger partial charge in [0.15, 0.2) is 0 Å². The van der Waals surface area contributed by atoms with Crippen LogP contribution >= 0.6 is 0 Å². The van der Waals surface area contributed by atoms with Crippen LogP contribution in [0.5, 0.6) is 0 Å². The molecule has 392 valence electrons. The number of para-hydroxylation sites is 2. The molecule has 0 atom stereocenters. The molecule has 0 amide bonds. The summed E-state index contributed by atoms with van der Waals surface area (Å²) in [4.78, 5) is 5.04. The first-order valence-corrected chi connectivity index (χ1v) is 27.6. The Kier molecular flexibility index (Phi) is 14.8. The van der Waals surface area contributed by atoms with Gasteiger partial charge in [0.25, 0.3) is 0 Å². The van der Waals surface area contributed by atoms with Crippen molar-refractivity contribution in [3.05, 3.63) is 239 Å². The molecule has 0 saturated heterocycles. The molecule has 0 N–H and O–H groups in total. The quantitative estimate of drug-likeness (QED) is 0.144. The second kappa shape index (κ2) is 21.1. The van der Waals surface area contributed by atoms with Crippen LogP contribution in [0.1, 0.15) is 128 Å². The van der Waals surface area contributed by atoms with Crippen molar-refractivity contribution in [1.82, 2.24) is 0 Å². The Balaban J connectivity index is 1.40. The minimum absolute atomic E-state index is 0.00546. The lowest BCUT2D eigenvalue weighted by molar-refractivity contribution is 0.512. The predicted molar refractivity (Wildman–Crippen MR) is 333 cm³/mol. The van der Waals surface area contributed by atoms with Crippen LogP contribution in [0.3, 0.4) is 0 Å². The van der Waals surface area contributed by atoms with E-state index in [1.807, 2.05) is 0 Å². The minimum Gasteiger partial charge on any atom is -0.460 e. The van der Waals surface area contributed by atoms with Crippen molar-refractivity contribution in [2.45, 2.75) is 132 Å². The fourth-order valence-corrected chi connectivity index (χ4v) is 10.8. The molecular weight excluding hydrogens is 933 g/mol. The third kappa shape index (κ3) is 11.4. The van der Waals surface area contributed by atoms with Crippen molar-refractivity contribution in [1.29, 1.82) is 0 Å². The number of rotatable bonds is 9. The lowest BCUT2D eigenvalue weighted by atomic mass is 9.85. The van der Waals surface area contributed by atoms with Crippen LogP contribution in [0.15, 0.2) is 199 Å². The molecule has 0 aliphatic carbocycles. The van der Waals surface area contributed by atoms with Crippen molar-refractivity contribution >= 4 is 45.1 Å². The Labute approximate surface area is 461 Å². The van der Waals surface area contributed by atoms with Crippen LogP contribution < -0.4 is 9.80 Å². The van der Waals surface area contributed by atoms with Gasteiger partial charge in [-0.25, -0.2) is 0 Å². The van der Waals surface area contributed by atoms with Crippen molar-refractivity contribution in [3.63, 3.8) is 0 Å². The van der Waals surface area contributed by atoms with E-state index in [1.165, 1.54) is 38.9 Å². The minimum atomic E-state index is -0.128. The summed E-state index contributed by atoms with van der Waals surface area (Å²) in [6.45, 7) is 36.4. The topological polar surface area (TPSA) is 19.6 Å². The second-order valence-corrected chi connectivity index (χ2v) is 25.3. The first kappa shape index (κ1) is 54.2. The van der Waals surface area contributed by atoms with Crippen LogP contribution in [-0.4, -0.2) is 0 Å². The first-order chi connectivity index (χ1) is 36.4. The molecule has 0 spiro atoms. The number of benzene rings is 8. The lowest BCUT2D eigenvalue weighted by Gasteiger charge is -2.35. The van der Waals surface area contributed by atoms with Gasteiger partial charge in [-0.15, -0.1) is 0 Å². The molecule has 1 heterocycles. The molecule has 9 aromatic rings. The van der Waals surface area contributed by atoms with Gasteiger partial charge in [0.05, 0.1) is 17.1 Å². The van der Waals surface area contributed by atoms with Gasteiger partial charge in [-0.1, -0.05) is 235 Å². The van der Waals surface area contributed by atoms with Crippen LogP contribution in [0.4, 0.5) is 34.1 Å². The molecule has 0 radical (unpaired) electrons. The standard InChI is InChI=1S/C74H80N2O/c1-49-45-59(72(8,9)10)39-43-65(49)75(61-41-37-58(38-42-61)71(5,6)7)68-47-57(55-35-33-54(34-36-55)53-25-18-17-19-26-53)48-69(51(68)3)76(66-44-40-60(46-50(66)2)73(11,12)13)67-32-23-21-29-62(67)63-30-24-28-56-27-20-22-31-64(74(14,15)16)52(4)77-70(56)63/h17-48H,1-16H3. The molecule has 3 nitrogen and oxygen atoms in total. The maximum atomic E-state index is 7.18. The van der Waals surface area contributed by atoms with E-state index >= 15 is 0 Å². The summed E-state index contributed by atoms with van der Waals surface area (Å²) < 4.78 is 7.18. The van der Waals surface area contributed by atoms with E-state index in [0.717, 1.165) is 84.2 Å². The number of nitrogens with zero attached hydrogens (tertiary/aromatic N) is 2. The van der Waals surface area contributed by atoms with E-state index in [1.54, 1.807) is 0 Å². The molecule has 0 aliphatic rings. The Morgan fingerprint density at radius 1 is 0.325 bits per heavy atom. The van der Waals surface area contributed by atoms with Crippen molar-refractivity contribution in [3.8, 4) is 33.4 Å². The molecule has 0 aliphatic heterocycles. The van der Waals surface area contributed by atoms with E-state index in [9.17, 15) is 0 Å². The average Bonchev–Trinajstić information content (AvgIpc) is 3.48. The number of fused-ring (bicyclic) bond motifs is 1. The second-order valence-electron chi connectivity index (χ2n) is 25.3. The van der Waals surface area contributed by atoms with Crippen LogP contribution in [0, 0.1) is 27.7 Å². The van der Waals surface area contributed by atoms with E-state index in [2.05, 4.69) is 315 Å². The molecule has 77 heavy (non-hydrogen) atoms. The maximum absolute atomic E-state index is 7.18. The van der Waals surface area contributed by atoms with Crippen LogP contribution in [-0.2, 0) is 21.7 Å². The predicted octanol–water partition coefficient (Wildman–Crippen LogP) is 21.9. The maximum Gasteiger partial charge on any atom is 0.142 e. The van der Waals surface area contributed by atoms with E-state index in [4.69, 9.17) is 4.42 Å². The van der Waals surface area contributed by atoms with E-state index in [0.29, 0.717) is 0 Å². The summed E-state index contributed by atoms with van der Waals surface area (Å²) >= 11 is 0. The zero-order valence-electron chi connectivity index (χ0n) is 48.8. The number of aryl methyl sites for hydroxylation is 3. The fourth-order valence-electron chi connectivity index (χ4n) is 10.8. The Morgan fingerprint density at radius 3 is 1.34 bits per heavy atom. The monoisotopic (exact) mass is 1010 g/mol. The molecule has 9 rings (SSSR count). The lowest BCUT2D eigenvalue weighted by Crippen LogP contribution is -2.19. The van der Waals surface area contributed by atoms with Gasteiger partial charge in [-0.2, -0.15) is 0 Å². The summed E-state index contributed by atoms with van der Waals surface area (Å²) in [7, 11) is 0. The highest BCUT2D eigenvalue weighted by Crippen LogP contribution is 2.51. The highest BCUT2D eigenvalue weighted by Gasteiger charge is 2.29. The van der Waals surface area contributed by atoms with E-state index in [-0.39, 0.29) is 21.7 Å². The SMILES string of the molecule is Cc1cc(C(C)(C)C)ccc1N(c1ccc(C(C)(C)C)cc1)c1cc(-c2ccc(-c3ccccc3)cc2)cc(N(c2ccc(C(C)(C)C)cc2C)c2ccccc2-c2cccc3ccccc(C(C)(C)C)c(C)oc23)c1C. The molecule has 0 fully saturated rings. The van der Waals surface area contributed by atoms with Gasteiger partial charge in [0.1, 0.15) is 11.3 Å². The van der Waals surface area contributed by atoms with Gasteiger partial charge in [0.2, 0.25) is 0 Å². The molecule has 1 aromatic heterocycles. The molecule has 3 heteroatoms. The van der Waals surface area contributed by atoms with Gasteiger partial charge in [0, 0.05) is 33.6 Å². The smallest absolute Gasteiger partial charge is 0.142 e. The van der Waals surface area contributed by atoms with Crippen molar-refractivity contribution in [2.24, 2.45) is 0 Å². The van der Waals surface area contributed by atoms with E-state index < -0.39 is 0 Å². The average molecular weight is 1010 g/mol. The van der Waals surface area contributed by atoms with Crippen molar-refractivity contribution in [2.75, 3.05) is 9.80 Å². The Morgan fingerprint density at radius 2 is 0.779 bits per heavy atom. The third-order valence-corrected chi connectivity index (χ3v) is 15.3. The van der Waals surface area contributed by atoms with Gasteiger partial charge >= 0.3 is 0 Å². The van der Waals surface area contributed by atoms with Crippen LogP contribution in [0.2, 0.25) is 0 Å². The summed E-state index contributed by atoms with van der Waals surface area (Å²) in [6, 6.07) is 72.1. The third-order valence-electron chi connectivity index (χ3n) is 15.3. The van der Waals surface area contributed by atoms with Crippen LogP contribution in [0.25, 0.3) is 44.3 Å². The normalized spacial score (nSPS) is 12.2. The van der Waals surface area contributed by atoms with Gasteiger partial charge in [-0.05, 0) is 153 Å². The molecule has 0 bridgehead atoms. The Hall–Kier alpha value is -7.62. The number of anilines is 6.